The van der Waals surface area contributed by atoms with Gasteiger partial charge in [-0.2, -0.15) is 0 Å². The Morgan fingerprint density at radius 1 is 1.11 bits per heavy atom. The van der Waals surface area contributed by atoms with E-state index in [0.29, 0.717) is 18.9 Å². The van der Waals surface area contributed by atoms with Gasteiger partial charge >= 0.3 is 0 Å². The molecule has 1 heterocycles. The highest BCUT2D eigenvalue weighted by Crippen LogP contribution is 2.16. The van der Waals surface area contributed by atoms with Crippen molar-refractivity contribution in [2.45, 2.75) is 6.54 Å². The van der Waals surface area contributed by atoms with Gasteiger partial charge in [0.05, 0.1) is 6.61 Å². The smallest absolute Gasteiger partial charge is 0.142 e. The second kappa shape index (κ2) is 6.72. The van der Waals surface area contributed by atoms with Crippen molar-refractivity contribution in [2.24, 2.45) is 5.84 Å². The molecule has 2 rings (SSSR count). The number of benzene rings is 1. The molecule has 0 saturated carbocycles. The van der Waals surface area contributed by atoms with E-state index in [0.717, 1.165) is 5.82 Å². The van der Waals surface area contributed by atoms with Crippen molar-refractivity contribution in [1.82, 2.24) is 4.98 Å². The number of aliphatic hydroxyl groups is 1. The molecular weight excluding hydrogens is 240 g/mol. The Labute approximate surface area is 112 Å². The minimum atomic E-state index is 0.0782. The fourth-order valence-corrected chi connectivity index (χ4v) is 1.88. The maximum absolute atomic E-state index is 9.19. The van der Waals surface area contributed by atoms with Crippen LogP contribution in [0.15, 0.2) is 48.5 Å². The molecule has 4 N–H and O–H groups in total. The SMILES string of the molecule is NNc1cccc(N(CCO)Cc2ccccc2)n1. The molecule has 5 heteroatoms. The number of rotatable bonds is 6. The fraction of sp³-hybridized carbons (Fsp3) is 0.214. The van der Waals surface area contributed by atoms with Crippen molar-refractivity contribution in [3.63, 3.8) is 0 Å². The molecule has 0 radical (unpaired) electrons. The number of hydrogen-bond acceptors (Lipinski definition) is 5. The van der Waals surface area contributed by atoms with Crippen molar-refractivity contribution in [3.8, 4) is 0 Å². The lowest BCUT2D eigenvalue weighted by atomic mass is 10.2. The number of hydrazine groups is 1. The Kier molecular flexibility index (Phi) is 4.72. The van der Waals surface area contributed by atoms with Crippen molar-refractivity contribution < 1.29 is 5.11 Å². The second-order valence-corrected chi connectivity index (χ2v) is 4.16. The van der Waals surface area contributed by atoms with Crippen LogP contribution in [0.25, 0.3) is 0 Å². The van der Waals surface area contributed by atoms with Gasteiger partial charge in [0, 0.05) is 13.1 Å². The van der Waals surface area contributed by atoms with Gasteiger partial charge in [0.2, 0.25) is 0 Å². The Bertz CT molecular complexity index is 504. The number of nitrogens with two attached hydrogens (primary N) is 1. The first-order valence-corrected chi connectivity index (χ1v) is 6.17. The highest BCUT2D eigenvalue weighted by atomic mass is 16.3. The molecule has 0 unspecified atom stereocenters. The van der Waals surface area contributed by atoms with Crippen molar-refractivity contribution in [1.29, 1.82) is 0 Å². The van der Waals surface area contributed by atoms with Crippen molar-refractivity contribution >= 4 is 11.6 Å². The average molecular weight is 258 g/mol. The summed E-state index contributed by atoms with van der Waals surface area (Å²) in [5, 5.41) is 9.19. The van der Waals surface area contributed by atoms with E-state index in [2.05, 4.69) is 22.5 Å². The molecule has 0 aliphatic carbocycles. The molecule has 0 aliphatic heterocycles. The van der Waals surface area contributed by atoms with E-state index >= 15 is 0 Å². The predicted octanol–water partition coefficient (Wildman–Crippen LogP) is 1.37. The number of anilines is 2. The Balaban J connectivity index is 2.19. The fourth-order valence-electron chi connectivity index (χ4n) is 1.88. The molecule has 0 bridgehead atoms. The maximum atomic E-state index is 9.19. The molecule has 0 aliphatic rings. The van der Waals surface area contributed by atoms with Crippen LogP contribution in [0.1, 0.15) is 5.56 Å². The number of aliphatic hydroxyl groups excluding tert-OH is 1. The summed E-state index contributed by atoms with van der Waals surface area (Å²) >= 11 is 0. The van der Waals surface area contributed by atoms with E-state index in [1.165, 1.54) is 5.56 Å². The van der Waals surface area contributed by atoms with Gasteiger partial charge in [-0.3, -0.25) is 0 Å². The summed E-state index contributed by atoms with van der Waals surface area (Å²) in [6.45, 7) is 1.30. The Morgan fingerprint density at radius 3 is 2.58 bits per heavy atom. The second-order valence-electron chi connectivity index (χ2n) is 4.16. The van der Waals surface area contributed by atoms with Crippen LogP contribution in [0.2, 0.25) is 0 Å². The van der Waals surface area contributed by atoms with Gasteiger partial charge in [-0.1, -0.05) is 36.4 Å². The van der Waals surface area contributed by atoms with E-state index in [9.17, 15) is 5.11 Å². The van der Waals surface area contributed by atoms with Crippen LogP contribution in [0, 0.1) is 0 Å². The highest BCUT2D eigenvalue weighted by molar-refractivity contribution is 5.47. The van der Waals surface area contributed by atoms with Gasteiger partial charge in [-0.25, -0.2) is 10.8 Å². The summed E-state index contributed by atoms with van der Waals surface area (Å²) in [5.41, 5.74) is 3.70. The first-order chi connectivity index (χ1) is 9.33. The number of nitrogens with one attached hydrogen (secondary N) is 1. The Morgan fingerprint density at radius 2 is 1.89 bits per heavy atom. The van der Waals surface area contributed by atoms with Crippen LogP contribution in [-0.2, 0) is 6.54 Å². The van der Waals surface area contributed by atoms with Gasteiger partial charge < -0.3 is 15.4 Å². The molecule has 0 fully saturated rings. The summed E-state index contributed by atoms with van der Waals surface area (Å²) in [5.74, 6) is 6.76. The summed E-state index contributed by atoms with van der Waals surface area (Å²) in [6, 6.07) is 15.7. The molecule has 0 spiro atoms. The number of nitrogens with zero attached hydrogens (tertiary/aromatic N) is 2. The first kappa shape index (κ1) is 13.3. The van der Waals surface area contributed by atoms with Crippen molar-refractivity contribution in [3.05, 3.63) is 54.1 Å². The number of hydrogen-bond donors (Lipinski definition) is 3. The summed E-state index contributed by atoms with van der Waals surface area (Å²) in [7, 11) is 0. The van der Waals surface area contributed by atoms with Crippen LogP contribution in [-0.4, -0.2) is 23.2 Å². The largest absolute Gasteiger partial charge is 0.395 e. The Hall–Kier alpha value is -2.11. The van der Waals surface area contributed by atoms with E-state index in [-0.39, 0.29) is 6.61 Å². The number of aromatic nitrogens is 1. The third kappa shape index (κ3) is 3.67. The molecule has 5 nitrogen and oxygen atoms in total. The molecular formula is C14H18N4O. The predicted molar refractivity (Wildman–Crippen MR) is 76.6 cm³/mol. The minimum absolute atomic E-state index is 0.0782. The van der Waals surface area contributed by atoms with Gasteiger partial charge in [0.1, 0.15) is 11.6 Å². The monoisotopic (exact) mass is 258 g/mol. The van der Waals surface area contributed by atoms with E-state index < -0.39 is 0 Å². The van der Waals surface area contributed by atoms with Gasteiger partial charge in [0.25, 0.3) is 0 Å². The van der Waals surface area contributed by atoms with Gasteiger partial charge in [-0.15, -0.1) is 0 Å². The van der Waals surface area contributed by atoms with E-state index in [1.54, 1.807) is 6.07 Å². The zero-order chi connectivity index (χ0) is 13.5. The number of pyridine rings is 1. The first-order valence-electron chi connectivity index (χ1n) is 6.17. The van der Waals surface area contributed by atoms with Crippen LogP contribution in [0.3, 0.4) is 0 Å². The highest BCUT2D eigenvalue weighted by Gasteiger charge is 2.08. The van der Waals surface area contributed by atoms with Gasteiger partial charge in [0.15, 0.2) is 0 Å². The van der Waals surface area contributed by atoms with Gasteiger partial charge in [-0.05, 0) is 17.7 Å². The summed E-state index contributed by atoms with van der Waals surface area (Å²) in [4.78, 5) is 6.40. The molecule has 1 aromatic heterocycles. The quantitative estimate of drug-likeness (QED) is 0.539. The standard InChI is InChI=1S/C14H18N4O/c15-17-13-7-4-8-14(16-13)18(9-10-19)11-12-5-2-1-3-6-12/h1-8,19H,9-11,15H2,(H,16,17). The lowest BCUT2D eigenvalue weighted by Crippen LogP contribution is -2.27. The zero-order valence-electron chi connectivity index (χ0n) is 10.7. The normalized spacial score (nSPS) is 10.2. The van der Waals surface area contributed by atoms with Crippen LogP contribution < -0.4 is 16.2 Å². The molecule has 0 saturated heterocycles. The topological polar surface area (TPSA) is 74.4 Å². The maximum Gasteiger partial charge on any atom is 0.142 e. The minimum Gasteiger partial charge on any atom is -0.395 e. The zero-order valence-corrected chi connectivity index (χ0v) is 10.7. The van der Waals surface area contributed by atoms with Crippen LogP contribution in [0.4, 0.5) is 11.6 Å². The summed E-state index contributed by atoms with van der Waals surface area (Å²) < 4.78 is 0. The number of nitrogen functional groups attached to an aromatic ring is 1. The van der Waals surface area contributed by atoms with Crippen molar-refractivity contribution in [2.75, 3.05) is 23.5 Å². The lowest BCUT2D eigenvalue weighted by molar-refractivity contribution is 0.301. The molecule has 2 aromatic rings. The molecule has 0 atom stereocenters. The molecule has 0 amide bonds. The molecule has 1 aromatic carbocycles. The van der Waals surface area contributed by atoms with E-state index in [1.807, 2.05) is 35.2 Å². The van der Waals surface area contributed by atoms with Crippen LogP contribution >= 0.6 is 0 Å². The average Bonchev–Trinajstić information content (AvgIpc) is 2.48. The molecule has 19 heavy (non-hydrogen) atoms. The molecule has 100 valence electrons. The third-order valence-electron chi connectivity index (χ3n) is 2.79. The van der Waals surface area contributed by atoms with Crippen LogP contribution in [0.5, 0.6) is 0 Å². The van der Waals surface area contributed by atoms with E-state index in [4.69, 9.17) is 5.84 Å². The summed E-state index contributed by atoms with van der Waals surface area (Å²) in [6.07, 6.45) is 0. The third-order valence-corrected chi connectivity index (χ3v) is 2.79. The lowest BCUT2D eigenvalue weighted by Gasteiger charge is -2.23.